The van der Waals surface area contributed by atoms with E-state index in [2.05, 4.69) is 0 Å². The summed E-state index contributed by atoms with van der Waals surface area (Å²) in [6.45, 7) is 14.4. The molecular formula is C43H53N3O12. The van der Waals surface area contributed by atoms with Gasteiger partial charge in [-0.2, -0.15) is 0 Å². The van der Waals surface area contributed by atoms with Gasteiger partial charge in [0.15, 0.2) is 5.75 Å². The lowest BCUT2D eigenvalue weighted by atomic mass is 9.78. The highest BCUT2D eigenvalue weighted by Crippen LogP contribution is 2.53. The third-order valence-corrected chi connectivity index (χ3v) is 11.3. The topological polar surface area (TPSA) is 233 Å². The number of pyridine rings is 1. The number of Topliss-reactive ketones (excluding diaryl/α,β-unsaturated/α-hetero) is 1. The van der Waals surface area contributed by atoms with Gasteiger partial charge in [0.25, 0.3) is 5.78 Å². The number of rotatable bonds is 15. The number of carboxylic acids is 1. The van der Waals surface area contributed by atoms with Gasteiger partial charge in [-0.1, -0.05) is 45.9 Å². The highest BCUT2D eigenvalue weighted by atomic mass is 16.7. The van der Waals surface area contributed by atoms with Gasteiger partial charge >= 0.3 is 17.7 Å². The van der Waals surface area contributed by atoms with Crippen molar-refractivity contribution >= 4 is 50.9 Å². The van der Waals surface area contributed by atoms with Crippen molar-refractivity contribution in [3.8, 4) is 17.2 Å². The zero-order valence-electron chi connectivity index (χ0n) is 34.3. The van der Waals surface area contributed by atoms with Gasteiger partial charge in [-0.05, 0) is 44.5 Å². The number of carbonyl (C=O) groups is 3. The first-order valence-electron chi connectivity index (χ1n) is 19.0. The average molecular weight is 804 g/mol. The molecule has 2 aromatic carbocycles. The fourth-order valence-electron chi connectivity index (χ4n) is 7.72. The number of benzene rings is 2. The molecule has 0 fully saturated rings. The molecule has 1 aliphatic heterocycles. The van der Waals surface area contributed by atoms with E-state index in [-0.39, 0.29) is 50.2 Å². The smallest absolute Gasteiger partial charge is 0.331 e. The van der Waals surface area contributed by atoms with Crippen LogP contribution in [0.15, 0.2) is 54.5 Å². The molecule has 0 amide bonds. The number of methoxy groups -OCH3 is 1. The minimum absolute atomic E-state index is 0.0227. The number of hydrogen-bond acceptors (Lipinski definition) is 13. The van der Waals surface area contributed by atoms with Crippen LogP contribution in [0.2, 0.25) is 0 Å². The number of aliphatic hydroxyl groups is 2. The first-order chi connectivity index (χ1) is 27.2. The number of carboxylic acid groups (broad SMARTS) is 1. The number of aliphatic hydroxyl groups excluding tert-OH is 2. The van der Waals surface area contributed by atoms with E-state index in [1.54, 1.807) is 57.4 Å². The molecule has 0 unspecified atom stereocenters. The van der Waals surface area contributed by atoms with Crippen molar-refractivity contribution < 1.29 is 58.9 Å². The van der Waals surface area contributed by atoms with Crippen molar-refractivity contribution in [3.05, 3.63) is 71.2 Å². The van der Waals surface area contributed by atoms with E-state index in [1.165, 1.54) is 46.3 Å². The molecule has 15 heteroatoms. The molecule has 4 aromatic rings. The van der Waals surface area contributed by atoms with E-state index in [0.29, 0.717) is 11.2 Å². The Bertz CT molecular complexity index is 2360. The summed E-state index contributed by atoms with van der Waals surface area (Å²) in [4.78, 5) is 42.6. The summed E-state index contributed by atoms with van der Waals surface area (Å²) in [6.07, 6.45) is 5.22. The number of aromatic hydroxyl groups is 2. The minimum atomic E-state index is -1.94. The first kappa shape index (κ1) is 43.5. The number of carbonyl (C=O) groups excluding carboxylic acids is 2. The number of aliphatic carboxylic acids is 1. The lowest BCUT2D eigenvalue weighted by Gasteiger charge is -2.38. The summed E-state index contributed by atoms with van der Waals surface area (Å²) >= 11 is 0. The summed E-state index contributed by atoms with van der Waals surface area (Å²) in [5.74, 6) is -7.36. The predicted octanol–water partition coefficient (Wildman–Crippen LogP) is 5.87. The van der Waals surface area contributed by atoms with Gasteiger partial charge in [0.05, 0.1) is 35.5 Å². The van der Waals surface area contributed by atoms with Crippen LogP contribution in [0.4, 0.5) is 5.69 Å². The Hall–Kier alpha value is -5.64. The highest BCUT2D eigenvalue weighted by molar-refractivity contribution is 6.27. The van der Waals surface area contributed by atoms with Crippen LogP contribution in [-0.4, -0.2) is 90.0 Å². The van der Waals surface area contributed by atoms with E-state index in [1.807, 2.05) is 19.1 Å². The second kappa shape index (κ2) is 16.7. The van der Waals surface area contributed by atoms with Gasteiger partial charge in [0, 0.05) is 67.3 Å². The summed E-state index contributed by atoms with van der Waals surface area (Å²) in [6, 6.07) is 3.67. The van der Waals surface area contributed by atoms with Crippen LogP contribution in [0, 0.1) is 37.5 Å². The molecule has 0 aliphatic carbocycles. The molecular weight excluding hydrogens is 750 g/mol. The molecule has 1 aliphatic rings. The van der Waals surface area contributed by atoms with Gasteiger partial charge in [-0.15, -0.1) is 0 Å². The third-order valence-electron chi connectivity index (χ3n) is 11.3. The van der Waals surface area contributed by atoms with E-state index in [0.717, 1.165) is 5.56 Å². The molecule has 15 nitrogen and oxygen atoms in total. The van der Waals surface area contributed by atoms with E-state index in [9.17, 15) is 34.8 Å². The molecule has 9 atom stereocenters. The van der Waals surface area contributed by atoms with Gasteiger partial charge < -0.3 is 50.2 Å². The maximum atomic E-state index is 14.4. The molecule has 0 spiro atoms. The average Bonchev–Trinajstić information content (AvgIpc) is 3.68. The number of nitrogens with zero attached hydrogens (tertiary/aromatic N) is 2. The number of imidazole rings is 1. The number of ketones is 1. The van der Waals surface area contributed by atoms with Crippen LogP contribution in [0.1, 0.15) is 70.0 Å². The summed E-state index contributed by atoms with van der Waals surface area (Å²) < 4.78 is 25.4. The molecule has 0 radical (unpaired) electrons. The quantitative estimate of drug-likeness (QED) is 0.0206. The van der Waals surface area contributed by atoms with Crippen LogP contribution in [-0.2, 0) is 23.8 Å². The van der Waals surface area contributed by atoms with Gasteiger partial charge in [-0.3, -0.25) is 14.0 Å². The number of phenols is 2. The Balaban J connectivity index is 1.41. The highest BCUT2D eigenvalue weighted by Gasteiger charge is 2.49. The Kier molecular flexibility index (Phi) is 12.5. The number of fused-ring (bicyclic) bond motifs is 7. The molecule has 5 rings (SSSR count). The number of anilines is 1. The lowest BCUT2D eigenvalue weighted by Crippen LogP contribution is -2.46. The first-order valence-corrected chi connectivity index (χ1v) is 19.0. The maximum absolute atomic E-state index is 14.4. The van der Waals surface area contributed by atoms with Crippen LogP contribution in [0.3, 0.4) is 0 Å². The number of aryl methyl sites for hydroxylation is 1. The molecule has 312 valence electrons. The van der Waals surface area contributed by atoms with Crippen LogP contribution in [0.5, 0.6) is 17.2 Å². The van der Waals surface area contributed by atoms with Crippen molar-refractivity contribution in [2.24, 2.45) is 23.7 Å². The lowest BCUT2D eigenvalue weighted by molar-refractivity contribution is -0.160. The van der Waals surface area contributed by atoms with Crippen molar-refractivity contribution in [1.29, 1.82) is 0 Å². The zero-order chi connectivity index (χ0) is 43.1. The SMILES string of the molecule is CO[C@@H](/C=C/O[C@@]1(C)Oc2c(C)c(O)c3c(O)c(N)c4c(nc5cc(C)ccn54)c3c2C1=O)[C@@H](C)[C@@H](OC(C)=O)[C@H](C)[C@H](O)[C@H](C)[C@@H](O)[C@@H](C)/C=C/C=C(/C)C(=O)O. The molecule has 58 heavy (non-hydrogen) atoms. The van der Waals surface area contributed by atoms with Crippen molar-refractivity contribution in [1.82, 2.24) is 9.38 Å². The predicted molar refractivity (Wildman–Crippen MR) is 217 cm³/mol. The van der Waals surface area contributed by atoms with E-state index < -0.39 is 77.3 Å². The molecule has 2 aromatic heterocycles. The second-order valence-electron chi connectivity index (χ2n) is 15.5. The molecule has 7 N–H and O–H groups in total. The number of allylic oxidation sites excluding steroid dienone is 2. The number of nitrogen functional groups attached to an aromatic ring is 1. The Labute approximate surface area is 336 Å². The number of aromatic nitrogens is 2. The van der Waals surface area contributed by atoms with E-state index in [4.69, 9.17) is 34.8 Å². The summed E-state index contributed by atoms with van der Waals surface area (Å²) in [5, 5.41) is 54.4. The number of hydrogen-bond donors (Lipinski definition) is 6. The van der Waals surface area contributed by atoms with Crippen molar-refractivity contribution in [3.63, 3.8) is 0 Å². The van der Waals surface area contributed by atoms with Gasteiger partial charge in [0.1, 0.15) is 40.0 Å². The minimum Gasteiger partial charge on any atom is -0.507 e. The standard InChI is InChI=1S/C43H53N3O12/c1-19-14-16-46-28(18-19)45-33-29-30(38(51)32(44)34(33)46)37(50)25(7)40-31(29)41(52)43(9,58-40)56-17-15-27(55-10)22(4)39(57-26(8)47)24(6)36(49)23(5)35(48)20(2)12-11-13-21(3)42(53)54/h11-18,20,22-24,27,35-36,39,48-51H,44H2,1-10H3,(H,53,54)/b12-11+,17-15+,21-13-/t20-,22+,23+,24+,27-,35-,36+,39+,43-/m0/s1. The number of phenolic OH excluding ortho intramolecular Hbond substituents is 2. The number of ether oxygens (including phenoxy) is 4. The van der Waals surface area contributed by atoms with Crippen molar-refractivity contribution in [2.75, 3.05) is 12.8 Å². The summed E-state index contributed by atoms with van der Waals surface area (Å²) in [7, 11) is 1.44. The van der Waals surface area contributed by atoms with Crippen molar-refractivity contribution in [2.45, 2.75) is 92.5 Å². The van der Waals surface area contributed by atoms with Crippen LogP contribution >= 0.6 is 0 Å². The largest absolute Gasteiger partial charge is 0.507 e. The van der Waals surface area contributed by atoms with Crippen LogP contribution < -0.4 is 10.5 Å². The van der Waals surface area contributed by atoms with Gasteiger partial charge in [-0.25, -0.2) is 9.78 Å². The van der Waals surface area contributed by atoms with Crippen LogP contribution in [0.25, 0.3) is 27.5 Å². The third kappa shape index (κ3) is 7.81. The van der Waals surface area contributed by atoms with Gasteiger partial charge in [0.2, 0.25) is 0 Å². The fraction of sp³-hybridized carbons (Fsp3) is 0.442. The molecule has 0 bridgehead atoms. The summed E-state index contributed by atoms with van der Waals surface area (Å²) in [5.41, 5.74) is 8.80. The monoisotopic (exact) mass is 803 g/mol. The Morgan fingerprint density at radius 3 is 2.29 bits per heavy atom. The second-order valence-corrected chi connectivity index (χ2v) is 15.5. The number of esters is 1. The normalized spacial score (nSPS) is 20.2. The maximum Gasteiger partial charge on any atom is 0.331 e. The van der Waals surface area contributed by atoms with E-state index >= 15 is 0 Å². The molecule has 3 heterocycles. The zero-order valence-corrected chi connectivity index (χ0v) is 34.3. The molecule has 0 saturated carbocycles. The number of nitrogens with two attached hydrogens (primary N) is 1. The fourth-order valence-corrected chi connectivity index (χ4v) is 7.72. The Morgan fingerprint density at radius 2 is 1.67 bits per heavy atom. The molecule has 0 saturated heterocycles. The Morgan fingerprint density at radius 1 is 1.00 bits per heavy atom.